The van der Waals surface area contributed by atoms with E-state index >= 15 is 0 Å². The maximum absolute atomic E-state index is 13.5. The van der Waals surface area contributed by atoms with Crippen LogP contribution in [0.2, 0.25) is 0 Å². The molecule has 1 N–H and O–H groups in total. The molecule has 7 nitrogen and oxygen atoms in total. The van der Waals surface area contributed by atoms with Crippen LogP contribution in [0.15, 0.2) is 36.4 Å². The average molecular weight is 499 g/mol. The van der Waals surface area contributed by atoms with Crippen molar-refractivity contribution in [3.8, 4) is 22.6 Å². The molecule has 36 heavy (non-hydrogen) atoms. The minimum Gasteiger partial charge on any atom is -0.493 e. The molecule has 2 aromatic rings. The number of benzene rings is 2. The maximum Gasteiger partial charge on any atom is 0.305 e. The van der Waals surface area contributed by atoms with Crippen molar-refractivity contribution in [3.05, 3.63) is 47.8 Å². The second-order valence-electron chi connectivity index (χ2n) is 9.75. The van der Waals surface area contributed by atoms with E-state index in [0.29, 0.717) is 44.2 Å². The fourth-order valence-corrected chi connectivity index (χ4v) is 5.37. The molecule has 2 heterocycles. The largest absolute Gasteiger partial charge is 0.493 e. The molecule has 0 bridgehead atoms. The predicted octanol–water partition coefficient (Wildman–Crippen LogP) is 4.58. The first-order chi connectivity index (χ1) is 17.3. The van der Waals surface area contributed by atoms with E-state index in [1.54, 1.807) is 17.0 Å². The van der Waals surface area contributed by atoms with Crippen molar-refractivity contribution >= 4 is 11.9 Å². The molecule has 4 rings (SSSR count). The van der Waals surface area contributed by atoms with Gasteiger partial charge in [-0.1, -0.05) is 12.1 Å². The number of ether oxygens (including phenoxy) is 2. The standard InChI is InChI=1S/C28H35FN2O5/c1-3-35-23-15-20(16-24(36-4-2)27(23)21-5-7-22(29)8-6-21)18-30-13-10-28(11-14-30)17-25(32)31(19-28)12-9-26(33)34/h5-8,15-16H,3-4,9-14,17-19H2,1-2H3,(H,33,34). The van der Waals surface area contributed by atoms with Crippen molar-refractivity contribution in [1.82, 2.24) is 9.80 Å². The van der Waals surface area contributed by atoms with Gasteiger partial charge < -0.3 is 19.5 Å². The van der Waals surface area contributed by atoms with Gasteiger partial charge in [0, 0.05) is 26.1 Å². The first kappa shape index (κ1) is 25.9. The number of halogens is 1. The van der Waals surface area contributed by atoms with Crippen LogP contribution in [0.1, 0.15) is 45.1 Å². The summed E-state index contributed by atoms with van der Waals surface area (Å²) in [4.78, 5) is 27.5. The molecule has 0 radical (unpaired) electrons. The number of carbonyl (C=O) groups is 2. The topological polar surface area (TPSA) is 79.3 Å². The highest BCUT2D eigenvalue weighted by atomic mass is 19.1. The number of carboxylic acids is 1. The zero-order valence-electron chi connectivity index (χ0n) is 21.1. The Kier molecular flexibility index (Phi) is 8.14. The van der Waals surface area contributed by atoms with Crippen molar-refractivity contribution in [2.75, 3.05) is 39.4 Å². The second kappa shape index (κ2) is 11.3. The number of piperidine rings is 1. The van der Waals surface area contributed by atoms with E-state index in [9.17, 15) is 14.0 Å². The van der Waals surface area contributed by atoms with Crippen molar-refractivity contribution < 1.29 is 28.6 Å². The molecule has 0 unspecified atom stereocenters. The number of carboxylic acid groups (broad SMARTS) is 1. The number of nitrogens with zero attached hydrogens (tertiary/aromatic N) is 2. The Morgan fingerprint density at radius 1 is 1.06 bits per heavy atom. The van der Waals surface area contributed by atoms with Crippen LogP contribution in [0, 0.1) is 11.2 Å². The van der Waals surface area contributed by atoms with Gasteiger partial charge in [0.15, 0.2) is 0 Å². The smallest absolute Gasteiger partial charge is 0.305 e. The van der Waals surface area contributed by atoms with Gasteiger partial charge in [0.25, 0.3) is 0 Å². The average Bonchev–Trinajstić information content (AvgIpc) is 3.15. The Labute approximate surface area is 211 Å². The van der Waals surface area contributed by atoms with Crippen molar-refractivity contribution in [3.63, 3.8) is 0 Å². The van der Waals surface area contributed by atoms with E-state index < -0.39 is 5.97 Å². The lowest BCUT2D eigenvalue weighted by Crippen LogP contribution is -2.41. The molecule has 0 saturated carbocycles. The summed E-state index contributed by atoms with van der Waals surface area (Å²) in [5.74, 6) is 0.344. The Hall–Kier alpha value is -3.13. The first-order valence-corrected chi connectivity index (χ1v) is 12.7. The lowest BCUT2D eigenvalue weighted by atomic mass is 9.77. The molecule has 2 aliphatic rings. The third-order valence-corrected chi connectivity index (χ3v) is 7.18. The summed E-state index contributed by atoms with van der Waals surface area (Å²) >= 11 is 0. The number of likely N-dealkylation sites (tertiary alicyclic amines) is 2. The van der Waals surface area contributed by atoms with E-state index in [0.717, 1.165) is 49.2 Å². The number of carbonyl (C=O) groups excluding carboxylic acids is 1. The van der Waals surface area contributed by atoms with E-state index in [1.807, 2.05) is 26.0 Å². The van der Waals surface area contributed by atoms with E-state index in [2.05, 4.69) is 4.90 Å². The van der Waals surface area contributed by atoms with Gasteiger partial charge >= 0.3 is 5.97 Å². The van der Waals surface area contributed by atoms with E-state index in [-0.39, 0.29) is 23.6 Å². The highest BCUT2D eigenvalue weighted by Gasteiger charge is 2.44. The minimum atomic E-state index is -0.873. The Balaban J connectivity index is 1.47. The SMILES string of the molecule is CCOc1cc(CN2CCC3(CC2)CC(=O)N(CCC(=O)O)C3)cc(OCC)c1-c1ccc(F)cc1. The Morgan fingerprint density at radius 3 is 2.22 bits per heavy atom. The van der Waals surface area contributed by atoms with E-state index in [1.165, 1.54) is 12.1 Å². The van der Waals surface area contributed by atoms with Gasteiger partial charge in [-0.3, -0.25) is 14.5 Å². The maximum atomic E-state index is 13.5. The zero-order valence-corrected chi connectivity index (χ0v) is 21.1. The van der Waals surface area contributed by atoms with Gasteiger partial charge in [0.1, 0.15) is 17.3 Å². The summed E-state index contributed by atoms with van der Waals surface area (Å²) < 4.78 is 25.5. The number of amides is 1. The second-order valence-corrected chi connectivity index (χ2v) is 9.75. The first-order valence-electron chi connectivity index (χ1n) is 12.7. The highest BCUT2D eigenvalue weighted by molar-refractivity contribution is 5.80. The van der Waals surface area contributed by atoms with E-state index in [4.69, 9.17) is 14.6 Å². The normalized spacial score (nSPS) is 17.5. The summed E-state index contributed by atoms with van der Waals surface area (Å²) in [6, 6.07) is 10.4. The summed E-state index contributed by atoms with van der Waals surface area (Å²) in [5.41, 5.74) is 2.69. The van der Waals surface area contributed by atoms with Crippen LogP contribution < -0.4 is 9.47 Å². The molecule has 2 fully saturated rings. The monoisotopic (exact) mass is 498 g/mol. The van der Waals surface area contributed by atoms with Crippen molar-refractivity contribution in [1.29, 1.82) is 0 Å². The van der Waals surface area contributed by atoms with Crippen molar-refractivity contribution in [2.45, 2.75) is 46.1 Å². The third kappa shape index (κ3) is 5.98. The summed E-state index contributed by atoms with van der Waals surface area (Å²) in [7, 11) is 0. The molecule has 1 spiro atoms. The van der Waals surface area contributed by atoms with Gasteiger partial charge in [0.2, 0.25) is 5.91 Å². The van der Waals surface area contributed by atoms with Gasteiger partial charge in [-0.15, -0.1) is 0 Å². The van der Waals surface area contributed by atoms with Crippen LogP contribution in [-0.4, -0.2) is 66.2 Å². The fraction of sp³-hybridized carbons (Fsp3) is 0.500. The molecule has 2 aromatic carbocycles. The Morgan fingerprint density at radius 2 is 1.67 bits per heavy atom. The van der Waals surface area contributed by atoms with Crippen LogP contribution in [0.5, 0.6) is 11.5 Å². The zero-order chi connectivity index (χ0) is 25.7. The number of aliphatic carboxylic acids is 1. The lowest BCUT2D eigenvalue weighted by molar-refractivity contribution is -0.137. The predicted molar refractivity (Wildman–Crippen MR) is 135 cm³/mol. The molecule has 8 heteroatoms. The van der Waals surface area contributed by atoms with Crippen LogP contribution in [0.25, 0.3) is 11.1 Å². The lowest BCUT2D eigenvalue weighted by Gasteiger charge is -2.39. The molecule has 0 aromatic heterocycles. The summed E-state index contributed by atoms with van der Waals surface area (Å²) in [5, 5.41) is 8.96. The quantitative estimate of drug-likeness (QED) is 0.517. The summed E-state index contributed by atoms with van der Waals surface area (Å²) in [6.07, 6.45) is 2.32. The van der Waals surface area contributed by atoms with Crippen molar-refractivity contribution in [2.24, 2.45) is 5.41 Å². The molecule has 194 valence electrons. The molecule has 0 atom stereocenters. The number of hydrogen-bond donors (Lipinski definition) is 1. The van der Waals surface area contributed by atoms with Crippen LogP contribution in [-0.2, 0) is 16.1 Å². The van der Waals surface area contributed by atoms with Gasteiger partial charge in [-0.25, -0.2) is 4.39 Å². The van der Waals surface area contributed by atoms with Gasteiger partial charge in [0.05, 0.1) is 25.2 Å². The Bertz CT molecular complexity index is 1050. The third-order valence-electron chi connectivity index (χ3n) is 7.18. The molecule has 2 saturated heterocycles. The van der Waals surface area contributed by atoms with Gasteiger partial charge in [-0.2, -0.15) is 0 Å². The molecule has 0 aliphatic carbocycles. The molecule has 2 aliphatic heterocycles. The van der Waals surface area contributed by atoms with Crippen LogP contribution >= 0.6 is 0 Å². The molecular weight excluding hydrogens is 463 g/mol. The highest BCUT2D eigenvalue weighted by Crippen LogP contribution is 2.43. The molecular formula is C28H35FN2O5. The van der Waals surface area contributed by atoms with Gasteiger partial charge in [-0.05, 0) is 80.6 Å². The fourth-order valence-electron chi connectivity index (χ4n) is 5.37. The minimum absolute atomic E-state index is 0.00775. The van der Waals surface area contributed by atoms with Crippen LogP contribution in [0.3, 0.4) is 0 Å². The summed E-state index contributed by atoms with van der Waals surface area (Å²) in [6.45, 7) is 8.30. The van der Waals surface area contributed by atoms with Crippen LogP contribution in [0.4, 0.5) is 4.39 Å². The number of rotatable bonds is 10. The molecule has 1 amide bonds. The number of hydrogen-bond acceptors (Lipinski definition) is 5.